The predicted molar refractivity (Wildman–Crippen MR) is 132 cm³/mol. The lowest BCUT2D eigenvalue weighted by atomic mass is 10.1. The van der Waals surface area contributed by atoms with Crippen LogP contribution in [-0.4, -0.2) is 63.5 Å². The number of methoxy groups -OCH3 is 1. The SMILES string of the molecule is CCNC(=NCc1ccccc1OCC1CC1)N1CCC(OCCCOC)CC1.I. The highest BCUT2D eigenvalue weighted by Crippen LogP contribution is 2.30. The number of halogens is 1. The molecule has 0 unspecified atom stereocenters. The molecule has 2 fully saturated rings. The van der Waals surface area contributed by atoms with Crippen LogP contribution in [-0.2, 0) is 16.0 Å². The van der Waals surface area contributed by atoms with Crippen LogP contribution in [0.15, 0.2) is 29.3 Å². The Morgan fingerprint density at radius 1 is 1.13 bits per heavy atom. The molecule has 1 aliphatic carbocycles. The monoisotopic (exact) mass is 531 g/mol. The van der Waals surface area contributed by atoms with E-state index in [0.29, 0.717) is 12.6 Å². The topological polar surface area (TPSA) is 55.3 Å². The van der Waals surface area contributed by atoms with Gasteiger partial charge in [-0.25, -0.2) is 4.99 Å². The van der Waals surface area contributed by atoms with Crippen LogP contribution in [0.1, 0.15) is 44.6 Å². The number of benzene rings is 1. The summed E-state index contributed by atoms with van der Waals surface area (Å²) in [6, 6.07) is 8.29. The summed E-state index contributed by atoms with van der Waals surface area (Å²) in [5.74, 6) is 2.71. The molecule has 0 radical (unpaired) electrons. The van der Waals surface area contributed by atoms with E-state index in [1.54, 1.807) is 7.11 Å². The van der Waals surface area contributed by atoms with Gasteiger partial charge < -0.3 is 24.4 Å². The van der Waals surface area contributed by atoms with Crippen LogP contribution in [0, 0.1) is 5.92 Å². The van der Waals surface area contributed by atoms with Crippen molar-refractivity contribution >= 4 is 29.9 Å². The molecule has 1 heterocycles. The van der Waals surface area contributed by atoms with Crippen LogP contribution < -0.4 is 10.1 Å². The number of rotatable bonds is 11. The van der Waals surface area contributed by atoms with Crippen LogP contribution in [0.25, 0.3) is 0 Å². The molecule has 1 aromatic rings. The van der Waals surface area contributed by atoms with E-state index in [2.05, 4.69) is 35.3 Å². The highest BCUT2D eigenvalue weighted by atomic mass is 127. The molecule has 0 amide bonds. The molecular formula is C23H38IN3O3. The second-order valence-electron chi connectivity index (χ2n) is 7.94. The van der Waals surface area contributed by atoms with E-state index in [4.69, 9.17) is 19.2 Å². The second-order valence-corrected chi connectivity index (χ2v) is 7.94. The minimum atomic E-state index is 0. The van der Waals surface area contributed by atoms with Gasteiger partial charge in [0.2, 0.25) is 0 Å². The van der Waals surface area contributed by atoms with E-state index < -0.39 is 0 Å². The molecule has 0 atom stereocenters. The van der Waals surface area contributed by atoms with Crippen molar-refractivity contribution in [3.05, 3.63) is 29.8 Å². The van der Waals surface area contributed by atoms with Crippen molar-refractivity contribution in [2.24, 2.45) is 10.9 Å². The highest BCUT2D eigenvalue weighted by Gasteiger charge is 2.23. The lowest BCUT2D eigenvalue weighted by molar-refractivity contribution is 0.00990. The van der Waals surface area contributed by atoms with Gasteiger partial charge in [-0.05, 0) is 51.0 Å². The summed E-state index contributed by atoms with van der Waals surface area (Å²) >= 11 is 0. The number of hydrogen-bond donors (Lipinski definition) is 1. The van der Waals surface area contributed by atoms with Gasteiger partial charge in [0.15, 0.2) is 5.96 Å². The third kappa shape index (κ3) is 8.59. The largest absolute Gasteiger partial charge is 0.493 e. The lowest BCUT2D eigenvalue weighted by Crippen LogP contribution is -2.47. The van der Waals surface area contributed by atoms with Gasteiger partial charge in [0.05, 0.1) is 19.3 Å². The first-order valence-corrected chi connectivity index (χ1v) is 11.1. The van der Waals surface area contributed by atoms with Crippen molar-refractivity contribution in [2.75, 3.05) is 46.6 Å². The van der Waals surface area contributed by atoms with Crippen molar-refractivity contribution in [1.82, 2.24) is 10.2 Å². The van der Waals surface area contributed by atoms with E-state index in [9.17, 15) is 0 Å². The Kier molecular flexibility index (Phi) is 11.8. The summed E-state index contributed by atoms with van der Waals surface area (Å²) in [7, 11) is 1.73. The summed E-state index contributed by atoms with van der Waals surface area (Å²) in [6.45, 7) is 7.95. The Hall–Kier alpha value is -1.06. The zero-order chi connectivity index (χ0) is 20.3. The van der Waals surface area contributed by atoms with Crippen LogP contribution in [0.2, 0.25) is 0 Å². The Bertz CT molecular complexity index is 632. The zero-order valence-electron chi connectivity index (χ0n) is 18.5. The molecule has 6 nitrogen and oxygen atoms in total. The van der Waals surface area contributed by atoms with Crippen LogP contribution in [0.4, 0.5) is 0 Å². The number of nitrogens with one attached hydrogen (secondary N) is 1. The van der Waals surface area contributed by atoms with E-state index >= 15 is 0 Å². The third-order valence-electron chi connectivity index (χ3n) is 5.47. The Morgan fingerprint density at radius 2 is 1.90 bits per heavy atom. The molecule has 1 saturated carbocycles. The number of likely N-dealkylation sites (tertiary alicyclic amines) is 1. The maximum atomic E-state index is 6.04. The second kappa shape index (κ2) is 14.1. The minimum Gasteiger partial charge on any atom is -0.493 e. The highest BCUT2D eigenvalue weighted by molar-refractivity contribution is 14.0. The van der Waals surface area contributed by atoms with Gasteiger partial charge in [-0.3, -0.25) is 0 Å². The summed E-state index contributed by atoms with van der Waals surface area (Å²) in [6.07, 6.45) is 6.00. The molecular weight excluding hydrogens is 493 g/mol. The van der Waals surface area contributed by atoms with Crippen molar-refractivity contribution in [2.45, 2.75) is 51.7 Å². The van der Waals surface area contributed by atoms with Crippen molar-refractivity contribution in [3.8, 4) is 5.75 Å². The van der Waals surface area contributed by atoms with Crippen molar-refractivity contribution in [1.29, 1.82) is 0 Å². The number of hydrogen-bond acceptors (Lipinski definition) is 4. The predicted octanol–water partition coefficient (Wildman–Crippen LogP) is 4.08. The fourth-order valence-electron chi connectivity index (χ4n) is 3.54. The number of aliphatic imine (C=N–C) groups is 1. The Morgan fingerprint density at radius 3 is 2.60 bits per heavy atom. The van der Waals surface area contributed by atoms with Gasteiger partial charge in [-0.2, -0.15) is 0 Å². The van der Waals surface area contributed by atoms with Crippen LogP contribution in [0.5, 0.6) is 5.75 Å². The fourth-order valence-corrected chi connectivity index (χ4v) is 3.54. The number of piperidine rings is 1. The molecule has 1 aliphatic heterocycles. The number of para-hydroxylation sites is 1. The number of guanidine groups is 1. The van der Waals surface area contributed by atoms with Gasteiger partial charge in [-0.1, -0.05) is 18.2 Å². The number of ether oxygens (including phenoxy) is 3. The van der Waals surface area contributed by atoms with Crippen LogP contribution >= 0.6 is 24.0 Å². The smallest absolute Gasteiger partial charge is 0.194 e. The first-order chi connectivity index (χ1) is 14.3. The van der Waals surface area contributed by atoms with Gasteiger partial charge in [0, 0.05) is 45.5 Å². The molecule has 30 heavy (non-hydrogen) atoms. The Balaban J connectivity index is 0.00000320. The lowest BCUT2D eigenvalue weighted by Gasteiger charge is -2.34. The molecule has 2 aliphatic rings. The molecule has 170 valence electrons. The molecule has 1 saturated heterocycles. The van der Waals surface area contributed by atoms with Crippen molar-refractivity contribution in [3.63, 3.8) is 0 Å². The maximum Gasteiger partial charge on any atom is 0.194 e. The number of nitrogens with zero attached hydrogens (tertiary/aromatic N) is 2. The van der Waals surface area contributed by atoms with E-state index in [0.717, 1.165) is 81.9 Å². The van der Waals surface area contributed by atoms with Gasteiger partial charge in [0.25, 0.3) is 0 Å². The summed E-state index contributed by atoms with van der Waals surface area (Å²) in [5, 5.41) is 3.45. The average molecular weight is 531 g/mol. The summed E-state index contributed by atoms with van der Waals surface area (Å²) in [4.78, 5) is 7.27. The van der Waals surface area contributed by atoms with E-state index in [1.165, 1.54) is 12.8 Å². The van der Waals surface area contributed by atoms with Gasteiger partial charge >= 0.3 is 0 Å². The molecule has 1 aromatic carbocycles. The first kappa shape index (κ1) is 25.2. The van der Waals surface area contributed by atoms with Crippen LogP contribution in [0.3, 0.4) is 0 Å². The van der Waals surface area contributed by atoms with Gasteiger partial charge in [-0.15, -0.1) is 24.0 Å². The molecule has 1 N–H and O–H groups in total. The normalized spacial score (nSPS) is 17.5. The fraction of sp³-hybridized carbons (Fsp3) is 0.696. The van der Waals surface area contributed by atoms with E-state index in [1.807, 2.05) is 6.07 Å². The molecule has 0 spiro atoms. The third-order valence-corrected chi connectivity index (χ3v) is 5.47. The maximum absolute atomic E-state index is 6.04. The standard InChI is InChI=1S/C23H37N3O3.HI/c1-3-24-23(26-13-11-21(12-14-26)28-16-6-15-27-2)25-17-20-7-4-5-8-22(20)29-18-19-9-10-19;/h4-5,7-8,19,21H,3,6,9-18H2,1-2H3,(H,24,25);1H. The molecule has 3 rings (SSSR count). The first-order valence-electron chi connectivity index (χ1n) is 11.1. The Labute approximate surface area is 198 Å². The van der Waals surface area contributed by atoms with Gasteiger partial charge in [0.1, 0.15) is 5.75 Å². The quantitative estimate of drug-likeness (QED) is 0.202. The minimum absolute atomic E-state index is 0. The molecule has 0 aromatic heterocycles. The zero-order valence-corrected chi connectivity index (χ0v) is 20.8. The summed E-state index contributed by atoms with van der Waals surface area (Å²) in [5.41, 5.74) is 1.15. The average Bonchev–Trinajstić information content (AvgIpc) is 3.58. The van der Waals surface area contributed by atoms with Crippen molar-refractivity contribution < 1.29 is 14.2 Å². The molecule has 7 heteroatoms. The van der Waals surface area contributed by atoms with E-state index in [-0.39, 0.29) is 24.0 Å². The summed E-state index contributed by atoms with van der Waals surface area (Å²) < 4.78 is 17.1. The molecule has 0 bridgehead atoms.